The second kappa shape index (κ2) is 7.03. The summed E-state index contributed by atoms with van der Waals surface area (Å²) in [6, 6.07) is 9.41. The van der Waals surface area contributed by atoms with Gasteiger partial charge in [0, 0.05) is 30.1 Å². The number of hydrogen-bond donors (Lipinski definition) is 1. The van der Waals surface area contributed by atoms with Gasteiger partial charge in [-0.15, -0.1) is 11.3 Å². The van der Waals surface area contributed by atoms with Crippen LogP contribution in [0.15, 0.2) is 35.7 Å². The van der Waals surface area contributed by atoms with Crippen LogP contribution in [-0.4, -0.2) is 34.0 Å². The molecule has 2 unspecified atom stereocenters. The Morgan fingerprint density at radius 3 is 2.83 bits per heavy atom. The number of piperidine rings is 1. The molecule has 3 rings (SSSR count). The fourth-order valence-electron chi connectivity index (χ4n) is 3.27. The number of aryl methyl sites for hydroxylation is 1. The zero-order valence-electron chi connectivity index (χ0n) is 14.2. The summed E-state index contributed by atoms with van der Waals surface area (Å²) in [4.78, 5) is 19.2. The molecule has 1 aliphatic rings. The molecule has 1 aliphatic heterocycles. The molecule has 2 heterocycles. The van der Waals surface area contributed by atoms with E-state index in [0.717, 1.165) is 35.7 Å². The summed E-state index contributed by atoms with van der Waals surface area (Å²) in [5, 5.41) is 13.9. The maximum atomic E-state index is 12.7. The third kappa shape index (κ3) is 3.84. The molecule has 1 aromatic carbocycles. The van der Waals surface area contributed by atoms with Crippen LogP contribution in [0.5, 0.6) is 0 Å². The van der Waals surface area contributed by atoms with Gasteiger partial charge < -0.3 is 10.0 Å². The summed E-state index contributed by atoms with van der Waals surface area (Å²) >= 11 is 1.68. The van der Waals surface area contributed by atoms with E-state index in [2.05, 4.69) is 10.4 Å². The van der Waals surface area contributed by atoms with E-state index in [4.69, 9.17) is 0 Å². The molecule has 1 amide bonds. The number of rotatable bonds is 4. The highest BCUT2D eigenvalue weighted by Crippen LogP contribution is 2.31. The topological polar surface area (TPSA) is 53.4 Å². The minimum absolute atomic E-state index is 0.0156. The van der Waals surface area contributed by atoms with E-state index in [1.807, 2.05) is 42.2 Å². The van der Waals surface area contributed by atoms with Crippen molar-refractivity contribution < 1.29 is 9.90 Å². The number of likely N-dealkylation sites (tertiary alicyclic amines) is 1. The number of aromatic nitrogens is 1. The third-order valence-corrected chi connectivity index (χ3v) is 5.78. The number of aliphatic hydroxyl groups is 1. The molecule has 1 saturated heterocycles. The summed E-state index contributed by atoms with van der Waals surface area (Å²) in [7, 11) is 0. The third-order valence-electron chi connectivity index (χ3n) is 4.65. The largest absolute Gasteiger partial charge is 0.385 e. The summed E-state index contributed by atoms with van der Waals surface area (Å²) < 4.78 is 0. The lowest BCUT2D eigenvalue weighted by Crippen LogP contribution is -2.42. The molecule has 0 saturated carbocycles. The Morgan fingerprint density at radius 1 is 1.42 bits per heavy atom. The van der Waals surface area contributed by atoms with Crippen molar-refractivity contribution in [2.75, 3.05) is 13.1 Å². The molecule has 128 valence electrons. The monoisotopic (exact) mass is 344 g/mol. The summed E-state index contributed by atoms with van der Waals surface area (Å²) in [5.41, 5.74) is 0.691. The van der Waals surface area contributed by atoms with Crippen molar-refractivity contribution in [3.63, 3.8) is 0 Å². The summed E-state index contributed by atoms with van der Waals surface area (Å²) in [6.45, 7) is 5.19. The highest BCUT2D eigenvalue weighted by molar-refractivity contribution is 7.09. The number of benzene rings is 1. The molecule has 0 radical (unpaired) electrons. The molecule has 0 bridgehead atoms. The highest BCUT2D eigenvalue weighted by Gasteiger charge is 2.32. The van der Waals surface area contributed by atoms with Gasteiger partial charge >= 0.3 is 0 Å². The zero-order valence-corrected chi connectivity index (χ0v) is 15.1. The maximum Gasteiger partial charge on any atom is 0.225 e. The van der Waals surface area contributed by atoms with Crippen molar-refractivity contribution in [3.8, 4) is 0 Å². The first-order valence-electron chi connectivity index (χ1n) is 8.43. The van der Waals surface area contributed by atoms with Crippen LogP contribution >= 0.6 is 11.3 Å². The molecule has 1 fully saturated rings. The Labute approximate surface area is 147 Å². The van der Waals surface area contributed by atoms with Crippen LogP contribution in [0.2, 0.25) is 0 Å². The van der Waals surface area contributed by atoms with Crippen LogP contribution in [-0.2, 0) is 10.4 Å². The number of nitrogens with zero attached hydrogens (tertiary/aromatic N) is 2. The van der Waals surface area contributed by atoms with E-state index in [-0.39, 0.29) is 12.3 Å². The number of carbonyl (C=O) groups is 1. The van der Waals surface area contributed by atoms with Crippen LogP contribution in [0.4, 0.5) is 0 Å². The van der Waals surface area contributed by atoms with Gasteiger partial charge in [0.2, 0.25) is 5.91 Å². The van der Waals surface area contributed by atoms with Crippen LogP contribution in [0, 0.1) is 6.92 Å². The first-order chi connectivity index (χ1) is 11.5. The Balaban J connectivity index is 1.66. The molecule has 4 nitrogen and oxygen atoms in total. The van der Waals surface area contributed by atoms with Crippen molar-refractivity contribution in [3.05, 3.63) is 52.0 Å². The van der Waals surface area contributed by atoms with E-state index in [9.17, 15) is 9.90 Å². The van der Waals surface area contributed by atoms with Crippen molar-refractivity contribution in [2.45, 2.75) is 44.6 Å². The molecule has 1 N–H and O–H groups in total. The normalized spacial score (nSPS) is 20.6. The molecule has 24 heavy (non-hydrogen) atoms. The Hall–Kier alpha value is -1.72. The molecular formula is C19H24N2O2S. The van der Waals surface area contributed by atoms with Gasteiger partial charge in [-0.2, -0.15) is 0 Å². The van der Waals surface area contributed by atoms with Gasteiger partial charge in [0.25, 0.3) is 0 Å². The van der Waals surface area contributed by atoms with Crippen molar-refractivity contribution >= 4 is 17.2 Å². The Bertz CT molecular complexity index is 696. The SMILES string of the molecule is Cc1csc(C2CCCN(C(=O)CC(C)(O)c3ccccc3)C2)n1. The average Bonchev–Trinajstić information content (AvgIpc) is 3.02. The quantitative estimate of drug-likeness (QED) is 0.924. The van der Waals surface area contributed by atoms with E-state index in [0.29, 0.717) is 12.5 Å². The first-order valence-corrected chi connectivity index (χ1v) is 9.31. The van der Waals surface area contributed by atoms with Gasteiger partial charge in [-0.3, -0.25) is 4.79 Å². The van der Waals surface area contributed by atoms with Crippen LogP contribution < -0.4 is 0 Å². The standard InChI is InChI=1S/C19H24N2O2S/c1-14-13-24-18(20-14)15-7-6-10-21(12-15)17(22)11-19(2,23)16-8-4-3-5-9-16/h3-5,8-9,13,15,23H,6-7,10-12H2,1-2H3. The lowest BCUT2D eigenvalue weighted by atomic mass is 9.91. The molecule has 5 heteroatoms. The van der Waals surface area contributed by atoms with Gasteiger partial charge in [-0.05, 0) is 32.3 Å². The van der Waals surface area contributed by atoms with E-state index < -0.39 is 5.60 Å². The lowest BCUT2D eigenvalue weighted by Gasteiger charge is -2.34. The molecule has 2 aromatic rings. The van der Waals surface area contributed by atoms with Gasteiger partial charge in [-0.1, -0.05) is 30.3 Å². The van der Waals surface area contributed by atoms with Crippen molar-refractivity contribution in [1.82, 2.24) is 9.88 Å². The van der Waals surface area contributed by atoms with Gasteiger partial charge in [0.1, 0.15) is 0 Å². The maximum absolute atomic E-state index is 12.7. The number of carbonyl (C=O) groups excluding carboxylic acids is 1. The molecular weight excluding hydrogens is 320 g/mol. The zero-order chi connectivity index (χ0) is 17.2. The Morgan fingerprint density at radius 2 is 2.17 bits per heavy atom. The van der Waals surface area contributed by atoms with E-state index >= 15 is 0 Å². The van der Waals surface area contributed by atoms with Crippen LogP contribution in [0.1, 0.15) is 48.4 Å². The van der Waals surface area contributed by atoms with E-state index in [1.54, 1.807) is 18.3 Å². The van der Waals surface area contributed by atoms with E-state index in [1.165, 1.54) is 0 Å². The molecule has 2 atom stereocenters. The lowest BCUT2D eigenvalue weighted by molar-refractivity contribution is -0.137. The Kier molecular flexibility index (Phi) is 5.01. The molecule has 1 aromatic heterocycles. The first kappa shape index (κ1) is 17.1. The smallest absolute Gasteiger partial charge is 0.225 e. The summed E-state index contributed by atoms with van der Waals surface area (Å²) in [6.07, 6.45) is 2.18. The van der Waals surface area contributed by atoms with Crippen molar-refractivity contribution in [2.24, 2.45) is 0 Å². The predicted molar refractivity (Wildman–Crippen MR) is 96.0 cm³/mol. The fourth-order valence-corrected chi connectivity index (χ4v) is 4.20. The van der Waals surface area contributed by atoms with Gasteiger partial charge in [0.05, 0.1) is 17.0 Å². The van der Waals surface area contributed by atoms with Crippen LogP contribution in [0.3, 0.4) is 0 Å². The van der Waals surface area contributed by atoms with Gasteiger partial charge in [-0.25, -0.2) is 4.98 Å². The summed E-state index contributed by atoms with van der Waals surface area (Å²) in [5.74, 6) is 0.338. The fraction of sp³-hybridized carbons (Fsp3) is 0.474. The molecule has 0 aliphatic carbocycles. The second-order valence-corrected chi connectivity index (χ2v) is 7.71. The minimum Gasteiger partial charge on any atom is -0.385 e. The minimum atomic E-state index is -1.14. The number of hydrogen-bond acceptors (Lipinski definition) is 4. The predicted octanol–water partition coefficient (Wildman–Crippen LogP) is 3.46. The van der Waals surface area contributed by atoms with Crippen molar-refractivity contribution in [1.29, 1.82) is 0 Å². The average molecular weight is 344 g/mol. The number of amides is 1. The number of thiazole rings is 1. The van der Waals surface area contributed by atoms with Gasteiger partial charge in [0.15, 0.2) is 0 Å². The highest BCUT2D eigenvalue weighted by atomic mass is 32.1. The van der Waals surface area contributed by atoms with Crippen LogP contribution in [0.25, 0.3) is 0 Å². The molecule has 0 spiro atoms. The second-order valence-electron chi connectivity index (χ2n) is 6.82.